The average molecular weight is 317 g/mol. The number of nitrogens with zero attached hydrogens (tertiary/aromatic N) is 2. The van der Waals surface area contributed by atoms with Crippen molar-refractivity contribution in [3.63, 3.8) is 0 Å². The Morgan fingerprint density at radius 2 is 2.13 bits per heavy atom. The fourth-order valence-corrected chi connectivity index (χ4v) is 2.80. The molecule has 0 aliphatic carbocycles. The summed E-state index contributed by atoms with van der Waals surface area (Å²) in [6, 6.07) is 5.81. The second-order valence-corrected chi connectivity index (χ2v) is 5.28. The number of hydrogen-bond acceptors (Lipinski definition) is 4. The molecule has 0 amide bonds. The van der Waals surface area contributed by atoms with E-state index in [9.17, 15) is 4.79 Å². The summed E-state index contributed by atoms with van der Waals surface area (Å²) in [5, 5.41) is 13.0. The SMILES string of the molecule is CCOC(=O)CCCc1ccc(/C(N)=N/O)c2ccn(CC)c12. The lowest BCUT2D eigenvalue weighted by Crippen LogP contribution is -2.14. The van der Waals surface area contributed by atoms with Crippen LogP contribution in [0.25, 0.3) is 10.9 Å². The van der Waals surface area contributed by atoms with Crippen molar-refractivity contribution in [3.05, 3.63) is 35.5 Å². The van der Waals surface area contributed by atoms with E-state index in [0.29, 0.717) is 18.6 Å². The van der Waals surface area contributed by atoms with Gasteiger partial charge in [-0.3, -0.25) is 4.79 Å². The number of nitrogens with two attached hydrogens (primary N) is 1. The van der Waals surface area contributed by atoms with Gasteiger partial charge in [0.05, 0.1) is 12.1 Å². The smallest absolute Gasteiger partial charge is 0.305 e. The minimum absolute atomic E-state index is 0.0990. The molecular weight excluding hydrogens is 294 g/mol. The predicted molar refractivity (Wildman–Crippen MR) is 89.7 cm³/mol. The maximum atomic E-state index is 11.5. The number of aromatic nitrogens is 1. The molecule has 0 bridgehead atoms. The van der Waals surface area contributed by atoms with Gasteiger partial charge < -0.3 is 20.2 Å². The van der Waals surface area contributed by atoms with Crippen LogP contribution in [0, 0.1) is 0 Å². The van der Waals surface area contributed by atoms with Crippen LogP contribution in [0.1, 0.15) is 37.8 Å². The molecule has 1 heterocycles. The van der Waals surface area contributed by atoms with Crippen molar-refractivity contribution >= 4 is 22.7 Å². The van der Waals surface area contributed by atoms with Crippen LogP contribution in [0.4, 0.5) is 0 Å². The highest BCUT2D eigenvalue weighted by Crippen LogP contribution is 2.26. The van der Waals surface area contributed by atoms with Gasteiger partial charge in [-0.05, 0) is 38.3 Å². The van der Waals surface area contributed by atoms with Gasteiger partial charge in [-0.15, -0.1) is 0 Å². The fraction of sp³-hybridized carbons (Fsp3) is 0.412. The van der Waals surface area contributed by atoms with Crippen molar-refractivity contribution in [2.24, 2.45) is 10.9 Å². The van der Waals surface area contributed by atoms with E-state index < -0.39 is 0 Å². The quantitative estimate of drug-likeness (QED) is 0.270. The number of oxime groups is 1. The van der Waals surface area contributed by atoms with E-state index in [4.69, 9.17) is 15.7 Å². The van der Waals surface area contributed by atoms with E-state index in [1.807, 2.05) is 24.4 Å². The third-order valence-corrected chi connectivity index (χ3v) is 3.87. The van der Waals surface area contributed by atoms with Crippen LogP contribution in [0.2, 0.25) is 0 Å². The number of amidine groups is 1. The number of fused-ring (bicyclic) bond motifs is 1. The van der Waals surface area contributed by atoms with Gasteiger partial charge in [-0.1, -0.05) is 17.3 Å². The summed E-state index contributed by atoms with van der Waals surface area (Å²) in [5.74, 6) is -0.0650. The number of aryl methyl sites for hydroxylation is 2. The summed E-state index contributed by atoms with van der Waals surface area (Å²) in [6.45, 7) is 5.11. The van der Waals surface area contributed by atoms with Gasteiger partial charge in [0.2, 0.25) is 0 Å². The molecule has 2 rings (SSSR count). The zero-order valence-electron chi connectivity index (χ0n) is 13.6. The first kappa shape index (κ1) is 16.9. The standard InChI is InChI=1S/C17H23N3O3/c1-3-20-11-10-13-14(17(18)19-22)9-8-12(16(13)20)6-5-7-15(21)23-4-2/h8-11,22H,3-7H2,1-2H3,(H2,18,19). The first-order chi connectivity index (χ1) is 11.1. The summed E-state index contributed by atoms with van der Waals surface area (Å²) in [7, 11) is 0. The van der Waals surface area contributed by atoms with Crippen LogP contribution in [0.3, 0.4) is 0 Å². The fourth-order valence-electron chi connectivity index (χ4n) is 2.80. The predicted octanol–water partition coefficient (Wildman–Crippen LogP) is 2.64. The van der Waals surface area contributed by atoms with Gasteiger partial charge in [0.1, 0.15) is 0 Å². The van der Waals surface area contributed by atoms with Crippen molar-refractivity contribution in [3.8, 4) is 0 Å². The van der Waals surface area contributed by atoms with Gasteiger partial charge in [-0.2, -0.15) is 0 Å². The highest BCUT2D eigenvalue weighted by molar-refractivity contribution is 6.09. The summed E-state index contributed by atoms with van der Waals surface area (Å²) in [4.78, 5) is 11.5. The largest absolute Gasteiger partial charge is 0.466 e. The Kier molecular flexibility index (Phi) is 5.62. The number of benzene rings is 1. The Morgan fingerprint density at radius 3 is 2.78 bits per heavy atom. The van der Waals surface area contributed by atoms with E-state index in [-0.39, 0.29) is 11.8 Å². The molecule has 6 nitrogen and oxygen atoms in total. The first-order valence-corrected chi connectivity index (χ1v) is 7.86. The van der Waals surface area contributed by atoms with Gasteiger partial charge in [0.25, 0.3) is 0 Å². The second-order valence-electron chi connectivity index (χ2n) is 5.28. The lowest BCUT2D eigenvalue weighted by Gasteiger charge is -2.11. The van der Waals surface area contributed by atoms with Crippen LogP contribution in [-0.2, 0) is 22.5 Å². The van der Waals surface area contributed by atoms with Crippen LogP contribution in [-0.4, -0.2) is 28.2 Å². The van der Waals surface area contributed by atoms with Crippen molar-refractivity contribution in [1.29, 1.82) is 0 Å². The molecule has 1 aromatic carbocycles. The van der Waals surface area contributed by atoms with Gasteiger partial charge in [0, 0.05) is 30.1 Å². The van der Waals surface area contributed by atoms with Gasteiger partial charge in [-0.25, -0.2) is 0 Å². The van der Waals surface area contributed by atoms with E-state index in [1.165, 1.54) is 0 Å². The maximum Gasteiger partial charge on any atom is 0.305 e. The number of esters is 1. The van der Waals surface area contributed by atoms with E-state index in [2.05, 4.69) is 16.6 Å². The highest BCUT2D eigenvalue weighted by atomic mass is 16.5. The molecule has 1 aromatic heterocycles. The monoisotopic (exact) mass is 317 g/mol. The molecule has 2 aromatic rings. The van der Waals surface area contributed by atoms with Gasteiger partial charge in [0.15, 0.2) is 5.84 Å². The molecule has 124 valence electrons. The van der Waals surface area contributed by atoms with Crippen LogP contribution in [0.15, 0.2) is 29.6 Å². The van der Waals surface area contributed by atoms with Crippen LogP contribution in [0.5, 0.6) is 0 Å². The molecule has 0 spiro atoms. The summed E-state index contributed by atoms with van der Waals surface area (Å²) in [6.07, 6.45) is 3.90. The molecular formula is C17H23N3O3. The number of hydrogen-bond donors (Lipinski definition) is 2. The third-order valence-electron chi connectivity index (χ3n) is 3.87. The minimum Gasteiger partial charge on any atom is -0.466 e. The summed E-state index contributed by atoms with van der Waals surface area (Å²) in [5.41, 5.74) is 8.69. The van der Waals surface area contributed by atoms with Crippen molar-refractivity contribution in [1.82, 2.24) is 4.57 Å². The molecule has 6 heteroatoms. The Balaban J connectivity index is 2.30. The summed E-state index contributed by atoms with van der Waals surface area (Å²) < 4.78 is 7.09. The normalized spacial score (nSPS) is 11.8. The Labute approximate surface area is 135 Å². The molecule has 0 saturated carbocycles. The molecule has 23 heavy (non-hydrogen) atoms. The number of carbonyl (C=O) groups excluding carboxylic acids is 1. The third kappa shape index (κ3) is 3.64. The summed E-state index contributed by atoms with van der Waals surface area (Å²) >= 11 is 0. The second kappa shape index (κ2) is 7.67. The van der Waals surface area contributed by atoms with Crippen molar-refractivity contribution in [2.75, 3.05) is 6.61 Å². The molecule has 0 atom stereocenters. The molecule has 0 unspecified atom stereocenters. The zero-order valence-corrected chi connectivity index (χ0v) is 13.6. The van der Waals surface area contributed by atoms with Crippen molar-refractivity contribution < 1.29 is 14.7 Å². The van der Waals surface area contributed by atoms with E-state index >= 15 is 0 Å². The van der Waals surface area contributed by atoms with E-state index in [1.54, 1.807) is 6.92 Å². The maximum absolute atomic E-state index is 11.5. The molecule has 0 saturated heterocycles. The minimum atomic E-state index is -0.164. The molecule has 0 aliphatic rings. The van der Waals surface area contributed by atoms with Crippen LogP contribution >= 0.6 is 0 Å². The first-order valence-electron chi connectivity index (χ1n) is 7.86. The number of carbonyl (C=O) groups is 1. The Hall–Kier alpha value is -2.50. The number of rotatable bonds is 7. The Morgan fingerprint density at radius 1 is 1.35 bits per heavy atom. The molecule has 0 aliphatic heterocycles. The van der Waals surface area contributed by atoms with Crippen LogP contribution < -0.4 is 5.73 Å². The van der Waals surface area contributed by atoms with E-state index in [0.717, 1.165) is 35.9 Å². The molecule has 3 N–H and O–H groups in total. The lowest BCUT2D eigenvalue weighted by molar-refractivity contribution is -0.143. The van der Waals surface area contributed by atoms with Gasteiger partial charge >= 0.3 is 5.97 Å². The average Bonchev–Trinajstić information content (AvgIpc) is 2.99. The Bertz CT molecular complexity index is 719. The highest BCUT2D eigenvalue weighted by Gasteiger charge is 2.13. The van der Waals surface area contributed by atoms with Crippen molar-refractivity contribution in [2.45, 2.75) is 39.7 Å². The molecule has 0 radical (unpaired) electrons. The zero-order chi connectivity index (χ0) is 16.8. The topological polar surface area (TPSA) is 89.8 Å². The lowest BCUT2D eigenvalue weighted by atomic mass is 10.0. The molecule has 0 fully saturated rings. The number of ether oxygens (including phenoxy) is 1.